The molecule has 29 heavy (non-hydrogen) atoms. The number of rotatable bonds is 7. The van der Waals surface area contributed by atoms with Crippen LogP contribution in [-0.4, -0.2) is 44.4 Å². The van der Waals surface area contributed by atoms with E-state index in [9.17, 15) is 14.4 Å². The summed E-state index contributed by atoms with van der Waals surface area (Å²) in [5.74, 6) is -0.391. The van der Waals surface area contributed by atoms with Gasteiger partial charge in [-0.05, 0) is 24.5 Å². The molecule has 1 aromatic rings. The minimum atomic E-state index is -0.870. The zero-order chi connectivity index (χ0) is 20.9. The number of nitrogens with one attached hydrogen (secondary N) is 1. The summed E-state index contributed by atoms with van der Waals surface area (Å²) in [6.45, 7) is 2.57. The Bertz CT molecular complexity index is 778. The van der Waals surface area contributed by atoms with Gasteiger partial charge in [0.05, 0.1) is 25.0 Å². The highest BCUT2D eigenvalue weighted by Crippen LogP contribution is 2.39. The molecule has 8 heteroatoms. The van der Waals surface area contributed by atoms with Crippen LogP contribution in [0.1, 0.15) is 44.6 Å². The largest absolute Gasteiger partial charge is 0.428 e. The number of halogens is 1. The third-order valence-electron chi connectivity index (χ3n) is 5.60. The van der Waals surface area contributed by atoms with Crippen LogP contribution in [0.5, 0.6) is 0 Å². The van der Waals surface area contributed by atoms with Crippen molar-refractivity contribution in [2.24, 2.45) is 5.41 Å². The van der Waals surface area contributed by atoms with Crippen LogP contribution in [0.4, 0.5) is 4.79 Å². The number of Topliss-reactive ketones (excluding diaryl/α,β-unsaturated/α-hetero) is 1. The highest BCUT2D eigenvalue weighted by Gasteiger charge is 2.43. The maximum atomic E-state index is 12.8. The molecule has 1 aliphatic heterocycles. The predicted molar refractivity (Wildman–Crippen MR) is 106 cm³/mol. The Morgan fingerprint density at radius 3 is 2.62 bits per heavy atom. The quantitative estimate of drug-likeness (QED) is 0.534. The predicted octanol–water partition coefficient (Wildman–Crippen LogP) is 3.37. The number of esters is 1. The number of amides is 1. The zero-order valence-corrected chi connectivity index (χ0v) is 17.3. The van der Waals surface area contributed by atoms with E-state index in [0.29, 0.717) is 36.6 Å². The van der Waals surface area contributed by atoms with Gasteiger partial charge in [-0.25, -0.2) is 4.79 Å². The second kappa shape index (κ2) is 9.13. The molecule has 0 radical (unpaired) electrons. The molecule has 1 saturated heterocycles. The maximum Gasteiger partial charge on any atom is 0.410 e. The smallest absolute Gasteiger partial charge is 0.410 e. The van der Waals surface area contributed by atoms with Gasteiger partial charge in [-0.2, -0.15) is 0 Å². The topological polar surface area (TPSA) is 90.9 Å². The molecular weight excluding hydrogens is 398 g/mol. The summed E-state index contributed by atoms with van der Waals surface area (Å²) in [6.07, 6.45) is 2.21. The fourth-order valence-electron chi connectivity index (χ4n) is 3.88. The second-order valence-electron chi connectivity index (χ2n) is 8.09. The number of hydrogen-bond acceptors (Lipinski definition) is 6. The Morgan fingerprint density at radius 1 is 1.21 bits per heavy atom. The lowest BCUT2D eigenvalue weighted by Crippen LogP contribution is -2.48. The van der Waals surface area contributed by atoms with E-state index in [1.54, 1.807) is 12.1 Å². The van der Waals surface area contributed by atoms with Gasteiger partial charge in [0.2, 0.25) is 6.79 Å². The Kier molecular flexibility index (Phi) is 6.80. The van der Waals surface area contributed by atoms with E-state index in [1.807, 2.05) is 19.1 Å². The van der Waals surface area contributed by atoms with Crippen LogP contribution in [0.15, 0.2) is 24.3 Å². The molecule has 1 aromatic carbocycles. The van der Waals surface area contributed by atoms with Crippen molar-refractivity contribution >= 4 is 29.4 Å². The standard InChI is InChI=1S/C21H26ClNO6/c1-20(12-27-13-20)10-18(25)28-14-29-19(26)23-11-21(9-5-4-8-17(21)24)15-6-2-3-7-16(15)22/h2-3,6-7H,4-5,8-14H2,1H3,(H,23,26)/t21-/m1/s1. The van der Waals surface area contributed by atoms with E-state index >= 15 is 0 Å². The van der Waals surface area contributed by atoms with E-state index in [4.69, 9.17) is 25.8 Å². The first-order chi connectivity index (χ1) is 13.8. The van der Waals surface area contributed by atoms with Crippen molar-refractivity contribution in [1.82, 2.24) is 5.32 Å². The van der Waals surface area contributed by atoms with Crippen molar-refractivity contribution < 1.29 is 28.6 Å². The van der Waals surface area contributed by atoms with Crippen molar-refractivity contribution in [2.75, 3.05) is 26.6 Å². The fraction of sp³-hybridized carbons (Fsp3) is 0.571. The van der Waals surface area contributed by atoms with Gasteiger partial charge in [-0.1, -0.05) is 43.1 Å². The summed E-state index contributed by atoms with van der Waals surface area (Å²) in [5.41, 5.74) is -0.360. The highest BCUT2D eigenvalue weighted by molar-refractivity contribution is 6.31. The van der Waals surface area contributed by atoms with Crippen LogP contribution >= 0.6 is 11.6 Å². The van der Waals surface area contributed by atoms with E-state index in [-0.39, 0.29) is 24.2 Å². The first kappa shape index (κ1) is 21.6. The van der Waals surface area contributed by atoms with E-state index in [0.717, 1.165) is 12.8 Å². The first-order valence-corrected chi connectivity index (χ1v) is 10.1. The number of ketones is 1. The molecule has 1 saturated carbocycles. The van der Waals surface area contributed by atoms with Gasteiger partial charge in [0, 0.05) is 23.4 Å². The average Bonchev–Trinajstić information content (AvgIpc) is 2.67. The zero-order valence-electron chi connectivity index (χ0n) is 16.5. The average molecular weight is 424 g/mol. The SMILES string of the molecule is CC1(CC(=O)OCOC(=O)NC[C@@]2(c3ccccc3Cl)CCCCC2=O)COC1. The van der Waals surface area contributed by atoms with Gasteiger partial charge in [-0.15, -0.1) is 0 Å². The van der Waals surface area contributed by atoms with E-state index < -0.39 is 24.3 Å². The minimum absolute atomic E-state index is 0.0551. The summed E-state index contributed by atoms with van der Waals surface area (Å²) in [6, 6.07) is 7.20. The third-order valence-corrected chi connectivity index (χ3v) is 5.93. The molecule has 7 nitrogen and oxygen atoms in total. The molecule has 1 amide bonds. The summed E-state index contributed by atoms with van der Waals surface area (Å²) in [7, 11) is 0. The Morgan fingerprint density at radius 2 is 1.97 bits per heavy atom. The van der Waals surface area contributed by atoms with Crippen molar-refractivity contribution in [3.8, 4) is 0 Å². The number of carbonyl (C=O) groups excluding carboxylic acids is 3. The Hall–Kier alpha value is -2.12. The molecule has 1 N–H and O–H groups in total. The molecule has 1 heterocycles. The van der Waals surface area contributed by atoms with Gasteiger partial charge in [0.1, 0.15) is 5.78 Å². The monoisotopic (exact) mass is 423 g/mol. The lowest BCUT2D eigenvalue weighted by molar-refractivity contribution is -0.165. The second-order valence-corrected chi connectivity index (χ2v) is 8.50. The summed E-state index contributed by atoms with van der Waals surface area (Å²) in [5, 5.41) is 3.14. The Balaban J connectivity index is 1.53. The van der Waals surface area contributed by atoms with Gasteiger partial charge in [0.25, 0.3) is 0 Å². The van der Waals surface area contributed by atoms with Crippen molar-refractivity contribution in [3.05, 3.63) is 34.9 Å². The van der Waals surface area contributed by atoms with Crippen molar-refractivity contribution in [1.29, 1.82) is 0 Å². The molecule has 0 bridgehead atoms. The molecule has 158 valence electrons. The number of carbonyl (C=O) groups is 3. The maximum absolute atomic E-state index is 12.8. The van der Waals surface area contributed by atoms with E-state index in [2.05, 4.69) is 5.32 Å². The van der Waals surface area contributed by atoms with Crippen LogP contribution < -0.4 is 5.32 Å². The molecule has 1 atom stereocenters. The highest BCUT2D eigenvalue weighted by atomic mass is 35.5. The molecule has 3 rings (SSSR count). The minimum Gasteiger partial charge on any atom is -0.428 e. The Labute approximate surface area is 175 Å². The van der Waals surface area contributed by atoms with Crippen LogP contribution in [0, 0.1) is 5.41 Å². The number of benzene rings is 1. The summed E-state index contributed by atoms with van der Waals surface area (Å²) >= 11 is 6.35. The van der Waals surface area contributed by atoms with Crippen molar-refractivity contribution in [3.63, 3.8) is 0 Å². The molecular formula is C21H26ClNO6. The number of alkyl carbamates (subject to hydrolysis) is 1. The molecule has 0 aromatic heterocycles. The van der Waals surface area contributed by atoms with Crippen LogP contribution in [0.2, 0.25) is 5.02 Å². The van der Waals surface area contributed by atoms with Crippen LogP contribution in [-0.2, 0) is 29.2 Å². The van der Waals surface area contributed by atoms with Crippen molar-refractivity contribution in [2.45, 2.75) is 44.4 Å². The number of hydrogen-bond donors (Lipinski definition) is 1. The third kappa shape index (κ3) is 5.08. The van der Waals surface area contributed by atoms with Crippen LogP contribution in [0.25, 0.3) is 0 Å². The van der Waals surface area contributed by atoms with Gasteiger partial charge in [0.15, 0.2) is 0 Å². The summed E-state index contributed by atoms with van der Waals surface area (Å²) in [4.78, 5) is 36.7. The number of ether oxygens (including phenoxy) is 3. The molecule has 0 unspecified atom stereocenters. The van der Waals surface area contributed by atoms with Gasteiger partial charge < -0.3 is 19.5 Å². The molecule has 0 spiro atoms. The summed E-state index contributed by atoms with van der Waals surface area (Å²) < 4.78 is 15.0. The lowest BCUT2D eigenvalue weighted by Gasteiger charge is -2.37. The van der Waals surface area contributed by atoms with E-state index in [1.165, 1.54) is 0 Å². The van der Waals surface area contributed by atoms with Crippen LogP contribution in [0.3, 0.4) is 0 Å². The van der Waals surface area contributed by atoms with Gasteiger partial charge in [-0.3, -0.25) is 9.59 Å². The first-order valence-electron chi connectivity index (χ1n) is 9.77. The molecule has 2 fully saturated rings. The van der Waals surface area contributed by atoms with Gasteiger partial charge >= 0.3 is 12.1 Å². The normalized spacial score (nSPS) is 23.0. The molecule has 1 aliphatic carbocycles. The fourth-order valence-corrected chi connectivity index (χ4v) is 4.20. The lowest BCUT2D eigenvalue weighted by atomic mass is 9.68. The molecule has 2 aliphatic rings.